The van der Waals surface area contributed by atoms with Gasteiger partial charge in [0, 0.05) is 10.7 Å². The molecule has 2 aromatic rings. The van der Waals surface area contributed by atoms with Gasteiger partial charge in [0.25, 0.3) is 0 Å². The molecule has 2 nitrogen and oxygen atoms in total. The van der Waals surface area contributed by atoms with Crippen LogP contribution in [0.25, 0.3) is 0 Å². The number of phenolic OH excluding ortho intramolecular Hbond substituents is 2. The summed E-state index contributed by atoms with van der Waals surface area (Å²) in [5.74, 6) is 0.729. The third-order valence-electron chi connectivity index (χ3n) is 8.03. The predicted octanol–water partition coefficient (Wildman–Crippen LogP) is 10.1. The van der Waals surface area contributed by atoms with Crippen molar-refractivity contribution in [1.29, 1.82) is 0 Å². The van der Waals surface area contributed by atoms with E-state index in [0.29, 0.717) is 11.5 Å². The van der Waals surface area contributed by atoms with Gasteiger partial charge in [0.05, 0.1) is 0 Å². The second-order valence-electron chi connectivity index (χ2n) is 13.6. The van der Waals surface area contributed by atoms with Crippen LogP contribution in [-0.4, -0.2) is 15.5 Å². The number of thiol groups is 1. The second-order valence-corrected chi connectivity index (χ2v) is 14.3. The van der Waals surface area contributed by atoms with Crippen LogP contribution in [0.5, 0.6) is 11.5 Å². The summed E-state index contributed by atoms with van der Waals surface area (Å²) in [6.07, 6.45) is 9.71. The van der Waals surface area contributed by atoms with E-state index >= 15 is 0 Å². The first kappa shape index (κ1) is 31.6. The van der Waals surface area contributed by atoms with E-state index < -0.39 is 0 Å². The maximum Gasteiger partial charge on any atom is 0.119 e. The van der Waals surface area contributed by atoms with Gasteiger partial charge >= 0.3 is 0 Å². The van der Waals surface area contributed by atoms with Crippen molar-refractivity contribution in [2.45, 2.75) is 142 Å². The van der Waals surface area contributed by atoms with Crippen molar-refractivity contribution in [3.8, 4) is 11.5 Å². The summed E-state index contributed by atoms with van der Waals surface area (Å²) in [6, 6.07) is 8.35. The molecule has 0 fully saturated rings. The van der Waals surface area contributed by atoms with Crippen molar-refractivity contribution in [2.24, 2.45) is 0 Å². The lowest BCUT2D eigenvalue weighted by atomic mass is 9.67. The third-order valence-corrected chi connectivity index (χ3v) is 8.47. The van der Waals surface area contributed by atoms with Crippen molar-refractivity contribution in [3.05, 3.63) is 57.6 Å². The molecule has 37 heavy (non-hydrogen) atoms. The van der Waals surface area contributed by atoms with Crippen LogP contribution < -0.4 is 0 Å². The van der Waals surface area contributed by atoms with Crippen LogP contribution in [0.15, 0.2) is 24.3 Å². The molecule has 0 radical (unpaired) electrons. The molecule has 1 atom stereocenters. The number of hydrogen-bond acceptors (Lipinski definition) is 3. The van der Waals surface area contributed by atoms with Crippen LogP contribution in [0.3, 0.4) is 0 Å². The van der Waals surface area contributed by atoms with E-state index in [-0.39, 0.29) is 21.5 Å². The number of aromatic hydroxyl groups is 2. The van der Waals surface area contributed by atoms with E-state index in [2.05, 4.69) is 81.4 Å². The van der Waals surface area contributed by atoms with Crippen molar-refractivity contribution in [1.82, 2.24) is 0 Å². The summed E-state index contributed by atoms with van der Waals surface area (Å²) in [7, 11) is 0. The van der Waals surface area contributed by atoms with E-state index in [9.17, 15) is 10.2 Å². The summed E-state index contributed by atoms with van der Waals surface area (Å²) in [5, 5.41) is 22.0. The Kier molecular flexibility index (Phi) is 10.7. The Balaban J connectivity index is 2.62. The first-order valence-electron chi connectivity index (χ1n) is 14.4. The minimum Gasteiger partial charge on any atom is -0.508 e. The Hall–Kier alpha value is -1.61. The third kappa shape index (κ3) is 7.94. The van der Waals surface area contributed by atoms with E-state index in [0.717, 1.165) is 35.1 Å². The normalized spacial score (nSPS) is 13.7. The Morgan fingerprint density at radius 2 is 1.05 bits per heavy atom. The fraction of sp³-hybridized carbons (Fsp3) is 0.647. The highest BCUT2D eigenvalue weighted by Gasteiger charge is 2.36. The number of phenols is 2. The molecule has 0 aliphatic carbocycles. The number of hydrogen-bond donors (Lipinski definition) is 3. The highest BCUT2D eigenvalue weighted by Crippen LogP contribution is 2.46. The van der Waals surface area contributed by atoms with Crippen LogP contribution in [0.1, 0.15) is 140 Å². The van der Waals surface area contributed by atoms with Crippen molar-refractivity contribution < 1.29 is 10.2 Å². The average molecular weight is 527 g/mol. The predicted molar refractivity (Wildman–Crippen MR) is 165 cm³/mol. The summed E-state index contributed by atoms with van der Waals surface area (Å²) < 4.78 is 0. The molecular weight excluding hydrogens is 472 g/mol. The average Bonchev–Trinajstić information content (AvgIpc) is 2.74. The summed E-state index contributed by atoms with van der Waals surface area (Å²) >= 11 is 5.14. The van der Waals surface area contributed by atoms with Gasteiger partial charge in [0.2, 0.25) is 0 Å². The summed E-state index contributed by atoms with van der Waals surface area (Å²) in [4.78, 5) is 0. The van der Waals surface area contributed by atoms with Crippen LogP contribution in [-0.2, 0) is 16.2 Å². The molecule has 3 heteroatoms. The zero-order valence-corrected chi connectivity index (χ0v) is 26.3. The van der Waals surface area contributed by atoms with Crippen molar-refractivity contribution in [3.63, 3.8) is 0 Å². The molecule has 2 aromatic carbocycles. The molecule has 0 aromatic heterocycles. The topological polar surface area (TPSA) is 40.5 Å². The Bertz CT molecular complexity index is 970. The van der Waals surface area contributed by atoms with Gasteiger partial charge in [-0.2, -0.15) is 12.6 Å². The van der Waals surface area contributed by atoms with Gasteiger partial charge in [0.15, 0.2) is 0 Å². The van der Waals surface area contributed by atoms with E-state index in [1.54, 1.807) is 0 Å². The standard InChI is InChI=1S/C34H54O2S/c1-11-12-13-14-15-16-17-25(37)22-34(10,26-20-28(32(4,5)6)30(35)18-23(26)2)27-21-29(33(7,8)9)31(36)19-24(27)3/h18-21,25,35-37H,11-17,22H2,1-10H3. The minimum absolute atomic E-state index is 0.174. The lowest BCUT2D eigenvalue weighted by Crippen LogP contribution is -2.31. The smallest absolute Gasteiger partial charge is 0.119 e. The van der Waals surface area contributed by atoms with E-state index in [1.807, 2.05) is 12.1 Å². The lowest BCUT2D eigenvalue weighted by Gasteiger charge is -2.38. The molecule has 0 bridgehead atoms. The molecule has 0 saturated heterocycles. The molecular formula is C34H54O2S. The number of benzene rings is 2. The lowest BCUT2D eigenvalue weighted by molar-refractivity contribution is 0.436. The minimum atomic E-state index is -0.315. The van der Waals surface area contributed by atoms with Crippen LogP contribution in [0, 0.1) is 13.8 Å². The van der Waals surface area contributed by atoms with Gasteiger partial charge in [-0.25, -0.2) is 0 Å². The molecule has 0 heterocycles. The van der Waals surface area contributed by atoms with Crippen LogP contribution in [0.2, 0.25) is 0 Å². The van der Waals surface area contributed by atoms with Gasteiger partial charge < -0.3 is 10.2 Å². The molecule has 208 valence electrons. The van der Waals surface area contributed by atoms with Gasteiger partial charge in [-0.1, -0.05) is 106 Å². The zero-order chi connectivity index (χ0) is 28.2. The monoisotopic (exact) mass is 526 g/mol. The van der Waals surface area contributed by atoms with Crippen LogP contribution >= 0.6 is 12.6 Å². The molecule has 0 saturated carbocycles. The zero-order valence-electron chi connectivity index (χ0n) is 25.4. The summed E-state index contributed by atoms with van der Waals surface area (Å²) in [6.45, 7) is 21.8. The second kappa shape index (κ2) is 12.5. The highest BCUT2D eigenvalue weighted by molar-refractivity contribution is 7.80. The molecule has 0 spiro atoms. The molecule has 2 rings (SSSR count). The molecule has 0 amide bonds. The highest BCUT2D eigenvalue weighted by atomic mass is 32.1. The fourth-order valence-corrected chi connectivity index (χ4v) is 6.42. The Morgan fingerprint density at radius 1 is 0.649 bits per heavy atom. The van der Waals surface area contributed by atoms with Crippen molar-refractivity contribution in [2.75, 3.05) is 0 Å². The van der Waals surface area contributed by atoms with Crippen LogP contribution in [0.4, 0.5) is 0 Å². The maximum absolute atomic E-state index is 10.9. The largest absolute Gasteiger partial charge is 0.508 e. The Morgan fingerprint density at radius 3 is 1.46 bits per heavy atom. The van der Waals surface area contributed by atoms with Gasteiger partial charge in [-0.15, -0.1) is 0 Å². The van der Waals surface area contributed by atoms with Gasteiger partial charge in [-0.05, 0) is 83.0 Å². The first-order chi connectivity index (χ1) is 17.0. The number of rotatable bonds is 11. The van der Waals surface area contributed by atoms with Gasteiger partial charge in [-0.3, -0.25) is 0 Å². The fourth-order valence-electron chi connectivity index (χ4n) is 5.87. The molecule has 2 N–H and O–H groups in total. The number of aryl methyl sites for hydroxylation is 2. The molecule has 0 aliphatic rings. The quantitative estimate of drug-likeness (QED) is 0.201. The number of unbranched alkanes of at least 4 members (excludes halogenated alkanes) is 5. The van der Waals surface area contributed by atoms with E-state index in [4.69, 9.17) is 12.6 Å². The van der Waals surface area contributed by atoms with Gasteiger partial charge in [0.1, 0.15) is 11.5 Å². The maximum atomic E-state index is 10.9. The SMILES string of the molecule is CCCCCCCCC(S)CC(C)(c1cc(C(C)(C)C)c(O)cc1C)c1cc(C(C)(C)C)c(O)cc1C. The summed E-state index contributed by atoms with van der Waals surface area (Å²) in [5.41, 5.74) is 5.95. The van der Waals surface area contributed by atoms with E-state index in [1.165, 1.54) is 49.7 Å². The van der Waals surface area contributed by atoms with Crippen molar-refractivity contribution >= 4 is 12.6 Å². The molecule has 0 aliphatic heterocycles. The molecule has 1 unspecified atom stereocenters. The Labute approximate surface area is 233 Å². The first-order valence-corrected chi connectivity index (χ1v) is 14.9.